The number of furan rings is 1. The van der Waals surface area contributed by atoms with Crippen LogP contribution in [0, 0.1) is 0 Å². The molecule has 0 aliphatic heterocycles. The standard InChI is InChI=1S/C11H15N3O3S/c1-3-14(8-10-5-4-6-17-10)18(15,16)11-7-12-13(2)9-11/h4-7,9H,3,8H2,1-2H3. The summed E-state index contributed by atoms with van der Waals surface area (Å²) < 4.78 is 32.7. The fraction of sp³-hybridized carbons (Fsp3) is 0.364. The summed E-state index contributed by atoms with van der Waals surface area (Å²) in [6.45, 7) is 2.38. The maximum atomic E-state index is 12.3. The van der Waals surface area contributed by atoms with Gasteiger partial charge in [-0.1, -0.05) is 6.92 Å². The van der Waals surface area contributed by atoms with Gasteiger partial charge in [0, 0.05) is 19.8 Å². The lowest BCUT2D eigenvalue weighted by molar-refractivity contribution is 0.375. The molecule has 2 rings (SSSR count). The summed E-state index contributed by atoms with van der Waals surface area (Å²) in [7, 11) is -1.83. The van der Waals surface area contributed by atoms with Crippen LogP contribution in [0.2, 0.25) is 0 Å². The van der Waals surface area contributed by atoms with Crippen molar-refractivity contribution in [2.75, 3.05) is 6.54 Å². The van der Waals surface area contributed by atoms with Crippen molar-refractivity contribution in [2.45, 2.75) is 18.4 Å². The third-order valence-corrected chi connectivity index (χ3v) is 4.46. The Hall–Kier alpha value is -1.60. The number of nitrogens with zero attached hydrogens (tertiary/aromatic N) is 3. The molecule has 18 heavy (non-hydrogen) atoms. The second kappa shape index (κ2) is 4.95. The first-order valence-electron chi connectivity index (χ1n) is 5.55. The molecule has 0 saturated heterocycles. The molecule has 0 spiro atoms. The summed E-state index contributed by atoms with van der Waals surface area (Å²) in [5.41, 5.74) is 0. The van der Waals surface area contributed by atoms with Crippen molar-refractivity contribution < 1.29 is 12.8 Å². The highest BCUT2D eigenvalue weighted by Crippen LogP contribution is 2.17. The van der Waals surface area contributed by atoms with Gasteiger partial charge in [0.15, 0.2) is 0 Å². The van der Waals surface area contributed by atoms with E-state index in [2.05, 4.69) is 5.10 Å². The Labute approximate surface area is 106 Å². The number of rotatable bonds is 5. The van der Waals surface area contributed by atoms with Gasteiger partial charge in [-0.25, -0.2) is 8.42 Å². The van der Waals surface area contributed by atoms with Crippen LogP contribution in [0.3, 0.4) is 0 Å². The maximum absolute atomic E-state index is 12.3. The lowest BCUT2D eigenvalue weighted by Crippen LogP contribution is -2.30. The zero-order valence-corrected chi connectivity index (χ0v) is 11.1. The minimum Gasteiger partial charge on any atom is -0.468 e. The van der Waals surface area contributed by atoms with Crippen LogP contribution in [0.15, 0.2) is 40.1 Å². The van der Waals surface area contributed by atoms with Crippen molar-refractivity contribution in [3.8, 4) is 0 Å². The van der Waals surface area contributed by atoms with Crippen molar-refractivity contribution in [1.82, 2.24) is 14.1 Å². The molecule has 0 aromatic carbocycles. The van der Waals surface area contributed by atoms with Gasteiger partial charge in [0.25, 0.3) is 0 Å². The lowest BCUT2D eigenvalue weighted by atomic mass is 10.4. The van der Waals surface area contributed by atoms with Crippen LogP contribution < -0.4 is 0 Å². The molecule has 0 bridgehead atoms. The van der Waals surface area contributed by atoms with Crippen molar-refractivity contribution in [3.63, 3.8) is 0 Å². The van der Waals surface area contributed by atoms with E-state index in [1.165, 1.54) is 27.6 Å². The zero-order chi connectivity index (χ0) is 13.2. The molecule has 2 heterocycles. The van der Waals surface area contributed by atoms with E-state index in [9.17, 15) is 8.42 Å². The number of aryl methyl sites for hydroxylation is 1. The molecule has 0 radical (unpaired) electrons. The Morgan fingerprint density at radius 1 is 1.50 bits per heavy atom. The van der Waals surface area contributed by atoms with Crippen LogP contribution in [-0.4, -0.2) is 29.0 Å². The predicted octanol–water partition coefficient (Wildman–Crippen LogP) is 1.22. The van der Waals surface area contributed by atoms with Gasteiger partial charge < -0.3 is 4.42 Å². The van der Waals surface area contributed by atoms with Gasteiger partial charge >= 0.3 is 0 Å². The highest BCUT2D eigenvalue weighted by molar-refractivity contribution is 7.89. The zero-order valence-electron chi connectivity index (χ0n) is 10.3. The SMILES string of the molecule is CCN(Cc1ccco1)S(=O)(=O)c1cnn(C)c1. The molecule has 0 atom stereocenters. The first-order chi connectivity index (χ1) is 8.54. The highest BCUT2D eigenvalue weighted by Gasteiger charge is 2.25. The van der Waals surface area contributed by atoms with Crippen molar-refractivity contribution in [3.05, 3.63) is 36.5 Å². The molecule has 2 aromatic rings. The summed E-state index contributed by atoms with van der Waals surface area (Å²) in [6.07, 6.45) is 4.36. The molecular formula is C11H15N3O3S. The van der Waals surface area contributed by atoms with Crippen LogP contribution in [0.1, 0.15) is 12.7 Å². The van der Waals surface area contributed by atoms with Gasteiger partial charge in [-0.3, -0.25) is 4.68 Å². The summed E-state index contributed by atoms with van der Waals surface area (Å²) >= 11 is 0. The van der Waals surface area contributed by atoms with E-state index in [-0.39, 0.29) is 11.4 Å². The molecule has 0 N–H and O–H groups in total. The van der Waals surface area contributed by atoms with E-state index in [1.807, 2.05) is 0 Å². The Morgan fingerprint density at radius 2 is 2.28 bits per heavy atom. The van der Waals surface area contributed by atoms with Crippen molar-refractivity contribution in [1.29, 1.82) is 0 Å². The third kappa shape index (κ3) is 2.46. The lowest BCUT2D eigenvalue weighted by Gasteiger charge is -2.18. The molecule has 6 nitrogen and oxygen atoms in total. The first-order valence-corrected chi connectivity index (χ1v) is 6.99. The third-order valence-electron chi connectivity index (χ3n) is 2.58. The number of sulfonamides is 1. The van der Waals surface area contributed by atoms with Crippen LogP contribution in [0.25, 0.3) is 0 Å². The minimum atomic E-state index is -3.52. The molecule has 0 aliphatic carbocycles. The fourth-order valence-electron chi connectivity index (χ4n) is 1.62. The van der Waals surface area contributed by atoms with Crippen LogP contribution in [-0.2, 0) is 23.6 Å². The predicted molar refractivity (Wildman–Crippen MR) is 65.2 cm³/mol. The van der Waals surface area contributed by atoms with E-state index < -0.39 is 10.0 Å². The topological polar surface area (TPSA) is 68.3 Å². The van der Waals surface area contributed by atoms with Gasteiger partial charge in [0.05, 0.1) is 19.0 Å². The Bertz CT molecular complexity index is 601. The molecule has 0 aliphatic rings. The quantitative estimate of drug-likeness (QED) is 0.818. The number of hydrogen-bond donors (Lipinski definition) is 0. The van der Waals surface area contributed by atoms with Gasteiger partial charge in [0.2, 0.25) is 10.0 Å². The van der Waals surface area contributed by atoms with E-state index in [1.54, 1.807) is 26.1 Å². The normalized spacial score (nSPS) is 12.2. The van der Waals surface area contributed by atoms with E-state index >= 15 is 0 Å². The number of aromatic nitrogens is 2. The number of hydrogen-bond acceptors (Lipinski definition) is 4. The van der Waals surface area contributed by atoms with Crippen molar-refractivity contribution in [2.24, 2.45) is 7.05 Å². The second-order valence-electron chi connectivity index (χ2n) is 3.86. The summed E-state index contributed by atoms with van der Waals surface area (Å²) in [4.78, 5) is 0.193. The van der Waals surface area contributed by atoms with Gasteiger partial charge in [-0.05, 0) is 12.1 Å². The Morgan fingerprint density at radius 3 is 2.78 bits per heavy atom. The molecule has 98 valence electrons. The molecule has 0 fully saturated rings. The maximum Gasteiger partial charge on any atom is 0.246 e. The summed E-state index contributed by atoms with van der Waals surface area (Å²) in [5, 5.41) is 3.88. The van der Waals surface area contributed by atoms with Crippen LogP contribution >= 0.6 is 0 Å². The second-order valence-corrected chi connectivity index (χ2v) is 5.80. The van der Waals surface area contributed by atoms with E-state index in [4.69, 9.17) is 4.42 Å². The average molecular weight is 269 g/mol. The minimum absolute atomic E-state index is 0.193. The molecule has 7 heteroatoms. The largest absolute Gasteiger partial charge is 0.468 e. The van der Waals surface area contributed by atoms with Crippen molar-refractivity contribution >= 4 is 10.0 Å². The smallest absolute Gasteiger partial charge is 0.246 e. The molecule has 0 amide bonds. The van der Waals surface area contributed by atoms with Gasteiger partial charge in [-0.15, -0.1) is 0 Å². The highest BCUT2D eigenvalue weighted by atomic mass is 32.2. The average Bonchev–Trinajstić information content (AvgIpc) is 2.96. The van der Waals surface area contributed by atoms with E-state index in [0.717, 1.165) is 0 Å². The molecule has 2 aromatic heterocycles. The van der Waals surface area contributed by atoms with E-state index in [0.29, 0.717) is 12.3 Å². The molecule has 0 unspecified atom stereocenters. The van der Waals surface area contributed by atoms with Gasteiger partial charge in [-0.2, -0.15) is 9.40 Å². The molecule has 0 saturated carbocycles. The Balaban J connectivity index is 2.26. The first kappa shape index (κ1) is 12.8. The van der Waals surface area contributed by atoms with Gasteiger partial charge in [0.1, 0.15) is 10.7 Å². The molecular weight excluding hydrogens is 254 g/mol. The van der Waals surface area contributed by atoms with Crippen LogP contribution in [0.4, 0.5) is 0 Å². The monoisotopic (exact) mass is 269 g/mol. The van der Waals surface area contributed by atoms with Crippen LogP contribution in [0.5, 0.6) is 0 Å². The summed E-state index contributed by atoms with van der Waals surface area (Å²) in [6, 6.07) is 3.49. The summed E-state index contributed by atoms with van der Waals surface area (Å²) in [5.74, 6) is 0.615. The Kier molecular flexibility index (Phi) is 3.53. The fourth-order valence-corrected chi connectivity index (χ4v) is 3.03.